The van der Waals surface area contributed by atoms with Crippen LogP contribution in [0.25, 0.3) is 0 Å². The van der Waals surface area contributed by atoms with Crippen LogP contribution < -0.4 is 0 Å². The first kappa shape index (κ1) is 22.4. The topological polar surface area (TPSA) is 43.9 Å². The minimum atomic E-state index is -0.0885. The summed E-state index contributed by atoms with van der Waals surface area (Å²) in [5, 5.41) is 0. The maximum atomic E-state index is 12.8. The second kappa shape index (κ2) is 10.6. The highest BCUT2D eigenvalue weighted by Gasteiger charge is 2.42. The number of hydrogen-bond donors (Lipinski definition) is 0. The number of carbonyl (C=O) groups excluding carboxylic acids is 2. The standard InChI is InChI=1S/C25H35N3O2/c1-3-15-26(16-4-2)20-24(30)28-19-14-25(21-28)12-17-27(18-13-25)23(29)11-10-22-8-6-5-7-9-22/h5-9H,3-4,12-21H2,1-2H3. The molecule has 0 unspecified atom stereocenters. The number of amides is 2. The predicted molar refractivity (Wildman–Crippen MR) is 120 cm³/mol. The predicted octanol–water partition coefficient (Wildman–Crippen LogP) is 3.00. The molecule has 0 aromatic heterocycles. The fraction of sp³-hybridized carbons (Fsp3) is 0.600. The third kappa shape index (κ3) is 5.86. The fourth-order valence-electron chi connectivity index (χ4n) is 4.66. The van der Waals surface area contributed by atoms with E-state index in [2.05, 4.69) is 35.5 Å². The van der Waals surface area contributed by atoms with Gasteiger partial charge in [0.2, 0.25) is 5.91 Å². The molecule has 2 amide bonds. The maximum Gasteiger partial charge on any atom is 0.298 e. The van der Waals surface area contributed by atoms with Gasteiger partial charge in [0, 0.05) is 37.7 Å². The highest BCUT2D eigenvalue weighted by molar-refractivity contribution is 5.94. The van der Waals surface area contributed by atoms with Crippen LogP contribution in [-0.2, 0) is 9.59 Å². The number of carbonyl (C=O) groups is 2. The van der Waals surface area contributed by atoms with Crippen LogP contribution in [0.3, 0.4) is 0 Å². The molecule has 2 saturated heterocycles. The molecule has 1 spiro atoms. The summed E-state index contributed by atoms with van der Waals surface area (Å²) >= 11 is 0. The Morgan fingerprint density at radius 2 is 1.57 bits per heavy atom. The van der Waals surface area contributed by atoms with Crippen LogP contribution in [0, 0.1) is 17.3 Å². The van der Waals surface area contributed by atoms with E-state index in [1.165, 1.54) is 0 Å². The number of benzene rings is 1. The van der Waals surface area contributed by atoms with Crippen LogP contribution in [0.5, 0.6) is 0 Å². The van der Waals surface area contributed by atoms with Crippen LogP contribution in [0.2, 0.25) is 0 Å². The Morgan fingerprint density at radius 3 is 2.17 bits per heavy atom. The molecule has 30 heavy (non-hydrogen) atoms. The first-order valence-electron chi connectivity index (χ1n) is 11.4. The molecule has 5 heteroatoms. The Bertz CT molecular complexity index is 767. The van der Waals surface area contributed by atoms with Crippen molar-refractivity contribution in [1.29, 1.82) is 0 Å². The van der Waals surface area contributed by atoms with Crippen molar-refractivity contribution in [3.8, 4) is 11.8 Å². The largest absolute Gasteiger partial charge is 0.341 e. The average Bonchev–Trinajstić information content (AvgIpc) is 3.17. The second-order valence-electron chi connectivity index (χ2n) is 8.75. The summed E-state index contributed by atoms with van der Waals surface area (Å²) in [7, 11) is 0. The van der Waals surface area contributed by atoms with E-state index < -0.39 is 0 Å². The average molecular weight is 410 g/mol. The van der Waals surface area contributed by atoms with Gasteiger partial charge in [-0.25, -0.2) is 0 Å². The zero-order valence-corrected chi connectivity index (χ0v) is 18.5. The number of piperidine rings is 1. The second-order valence-corrected chi connectivity index (χ2v) is 8.75. The molecule has 2 fully saturated rings. The van der Waals surface area contributed by atoms with Crippen molar-refractivity contribution in [1.82, 2.24) is 14.7 Å². The van der Waals surface area contributed by atoms with Gasteiger partial charge in [-0.1, -0.05) is 38.0 Å². The molecular weight excluding hydrogens is 374 g/mol. The van der Waals surface area contributed by atoms with E-state index in [4.69, 9.17) is 0 Å². The Kier molecular flexibility index (Phi) is 7.93. The number of hydrogen-bond acceptors (Lipinski definition) is 3. The number of likely N-dealkylation sites (tertiary alicyclic amines) is 2. The maximum absolute atomic E-state index is 12.8. The zero-order chi connectivity index (χ0) is 21.4. The molecule has 2 heterocycles. The van der Waals surface area contributed by atoms with E-state index in [0.717, 1.165) is 76.9 Å². The lowest BCUT2D eigenvalue weighted by Crippen LogP contribution is -2.45. The zero-order valence-electron chi connectivity index (χ0n) is 18.5. The first-order chi connectivity index (χ1) is 14.5. The van der Waals surface area contributed by atoms with Crippen molar-refractivity contribution in [3.63, 3.8) is 0 Å². The van der Waals surface area contributed by atoms with Gasteiger partial charge in [-0.15, -0.1) is 0 Å². The lowest BCUT2D eigenvalue weighted by atomic mass is 9.78. The molecule has 0 saturated carbocycles. The van der Waals surface area contributed by atoms with Gasteiger partial charge < -0.3 is 9.80 Å². The molecule has 2 aliphatic rings. The summed E-state index contributed by atoms with van der Waals surface area (Å²) in [6.07, 6.45) is 5.13. The van der Waals surface area contributed by atoms with Crippen LogP contribution >= 0.6 is 0 Å². The van der Waals surface area contributed by atoms with Gasteiger partial charge in [0.05, 0.1) is 6.54 Å². The monoisotopic (exact) mass is 409 g/mol. The smallest absolute Gasteiger partial charge is 0.298 e. The number of rotatable bonds is 6. The summed E-state index contributed by atoms with van der Waals surface area (Å²) in [6.45, 7) is 10.0. The van der Waals surface area contributed by atoms with Crippen LogP contribution in [0.1, 0.15) is 51.5 Å². The minimum absolute atomic E-state index is 0.0885. The van der Waals surface area contributed by atoms with Gasteiger partial charge in [0.15, 0.2) is 0 Å². The van der Waals surface area contributed by atoms with E-state index in [0.29, 0.717) is 6.54 Å². The van der Waals surface area contributed by atoms with Gasteiger partial charge in [-0.3, -0.25) is 14.5 Å². The highest BCUT2D eigenvalue weighted by Crippen LogP contribution is 2.40. The Balaban J connectivity index is 1.49. The van der Waals surface area contributed by atoms with Crippen molar-refractivity contribution in [2.24, 2.45) is 5.41 Å². The molecule has 3 rings (SSSR count). The minimum Gasteiger partial charge on any atom is -0.341 e. The first-order valence-corrected chi connectivity index (χ1v) is 11.4. The van der Waals surface area contributed by atoms with E-state index in [1.54, 1.807) is 0 Å². The number of nitrogens with zero attached hydrogens (tertiary/aromatic N) is 3. The summed E-state index contributed by atoms with van der Waals surface area (Å²) in [6, 6.07) is 9.62. The van der Waals surface area contributed by atoms with Crippen molar-refractivity contribution in [2.75, 3.05) is 45.8 Å². The summed E-state index contributed by atoms with van der Waals surface area (Å²) < 4.78 is 0. The van der Waals surface area contributed by atoms with Gasteiger partial charge >= 0.3 is 0 Å². The highest BCUT2D eigenvalue weighted by atomic mass is 16.2. The summed E-state index contributed by atoms with van der Waals surface area (Å²) in [4.78, 5) is 31.5. The van der Waals surface area contributed by atoms with Gasteiger partial charge in [-0.2, -0.15) is 0 Å². The summed E-state index contributed by atoms with van der Waals surface area (Å²) in [5.41, 5.74) is 1.05. The van der Waals surface area contributed by atoms with Gasteiger partial charge in [0.1, 0.15) is 0 Å². The molecule has 0 N–H and O–H groups in total. The molecular formula is C25H35N3O2. The lowest BCUT2D eigenvalue weighted by molar-refractivity contribution is -0.132. The molecule has 162 valence electrons. The van der Waals surface area contributed by atoms with Gasteiger partial charge in [0.25, 0.3) is 5.91 Å². The third-order valence-corrected chi connectivity index (χ3v) is 6.43. The quantitative estimate of drug-likeness (QED) is 0.679. The molecule has 0 radical (unpaired) electrons. The molecule has 1 aromatic carbocycles. The van der Waals surface area contributed by atoms with Crippen molar-refractivity contribution < 1.29 is 9.59 Å². The van der Waals surface area contributed by atoms with Gasteiger partial charge in [-0.05, 0) is 62.7 Å². The normalized spacial score (nSPS) is 17.8. The van der Waals surface area contributed by atoms with Crippen LogP contribution in [0.4, 0.5) is 0 Å². The fourth-order valence-corrected chi connectivity index (χ4v) is 4.66. The Hall–Kier alpha value is -2.32. The molecule has 0 bridgehead atoms. The van der Waals surface area contributed by atoms with Crippen LogP contribution in [-0.4, -0.2) is 72.3 Å². The molecule has 1 aromatic rings. The van der Waals surface area contributed by atoms with Crippen molar-refractivity contribution in [3.05, 3.63) is 35.9 Å². The third-order valence-electron chi connectivity index (χ3n) is 6.43. The van der Waals surface area contributed by atoms with E-state index in [-0.39, 0.29) is 17.2 Å². The molecule has 2 aliphatic heterocycles. The molecule has 0 aliphatic carbocycles. The van der Waals surface area contributed by atoms with E-state index in [9.17, 15) is 9.59 Å². The van der Waals surface area contributed by atoms with E-state index >= 15 is 0 Å². The Morgan fingerprint density at radius 1 is 0.967 bits per heavy atom. The Labute approximate surface area is 181 Å². The van der Waals surface area contributed by atoms with Crippen LogP contribution in [0.15, 0.2) is 30.3 Å². The van der Waals surface area contributed by atoms with Crippen molar-refractivity contribution in [2.45, 2.75) is 46.0 Å². The molecule has 5 nitrogen and oxygen atoms in total. The summed E-state index contributed by atoms with van der Waals surface area (Å²) in [5.74, 6) is 5.93. The SMILES string of the molecule is CCCN(CCC)CC(=O)N1CCC2(CCN(C(=O)C#Cc3ccccc3)CC2)C1. The molecule has 0 atom stereocenters. The lowest BCUT2D eigenvalue weighted by Gasteiger charge is -2.38. The van der Waals surface area contributed by atoms with E-state index in [1.807, 2.05) is 35.2 Å². The van der Waals surface area contributed by atoms with Crippen molar-refractivity contribution >= 4 is 11.8 Å².